The fourth-order valence-corrected chi connectivity index (χ4v) is 8.45. The van der Waals surface area contributed by atoms with Crippen molar-refractivity contribution >= 4 is 64.0 Å². The fraction of sp³-hybridized carbons (Fsp3) is 0.389. The zero-order chi connectivity index (χ0) is 22.2. The van der Waals surface area contributed by atoms with Crippen LogP contribution in [0.4, 0.5) is 0 Å². The maximum absolute atomic E-state index is 13.0. The van der Waals surface area contributed by atoms with Crippen LogP contribution in [0.15, 0.2) is 45.3 Å². The van der Waals surface area contributed by atoms with Crippen molar-refractivity contribution in [3.05, 3.63) is 36.1 Å². The second kappa shape index (κ2) is 8.98. The SMILES string of the molecule is CC(=O)N(C1C(=O)N2CC(CSc3ccncn3)(C(=O)O)CS[C@H]12)[S+]([O-])c1cccs1. The first-order valence-electron chi connectivity index (χ1n) is 9.13. The van der Waals surface area contributed by atoms with E-state index in [9.17, 15) is 24.0 Å². The number of aromatic nitrogens is 2. The molecule has 31 heavy (non-hydrogen) atoms. The van der Waals surface area contributed by atoms with Gasteiger partial charge < -0.3 is 14.6 Å². The molecule has 2 amide bonds. The molecular formula is C18H18N4O5S4. The van der Waals surface area contributed by atoms with Gasteiger partial charge in [-0.05, 0) is 17.5 Å². The van der Waals surface area contributed by atoms with Crippen LogP contribution in [0, 0.1) is 5.41 Å². The van der Waals surface area contributed by atoms with Crippen LogP contribution in [0.5, 0.6) is 0 Å². The van der Waals surface area contributed by atoms with Gasteiger partial charge in [-0.3, -0.25) is 14.4 Å². The highest BCUT2D eigenvalue weighted by Gasteiger charge is 2.62. The number of amides is 2. The lowest BCUT2D eigenvalue weighted by Crippen LogP contribution is -2.74. The number of hydrogen-bond donors (Lipinski definition) is 1. The van der Waals surface area contributed by atoms with Gasteiger partial charge in [0.15, 0.2) is 6.04 Å². The van der Waals surface area contributed by atoms with Gasteiger partial charge in [-0.15, -0.1) is 27.8 Å². The van der Waals surface area contributed by atoms with Crippen molar-refractivity contribution in [3.63, 3.8) is 0 Å². The van der Waals surface area contributed by atoms with Crippen molar-refractivity contribution in [1.82, 2.24) is 19.2 Å². The molecule has 164 valence electrons. The highest BCUT2D eigenvalue weighted by Crippen LogP contribution is 2.46. The third-order valence-electron chi connectivity index (χ3n) is 5.03. The molecule has 2 aromatic rings. The molecule has 0 spiro atoms. The summed E-state index contributed by atoms with van der Waals surface area (Å²) >= 11 is 2.08. The summed E-state index contributed by atoms with van der Waals surface area (Å²) in [7, 11) is 0. The molecule has 3 unspecified atom stereocenters. The van der Waals surface area contributed by atoms with Crippen LogP contribution in [0.25, 0.3) is 0 Å². The number of thioether (sulfide) groups is 2. The van der Waals surface area contributed by atoms with Gasteiger partial charge >= 0.3 is 5.97 Å². The van der Waals surface area contributed by atoms with Crippen LogP contribution in [0.2, 0.25) is 0 Å². The number of carbonyl (C=O) groups excluding carboxylic acids is 2. The fourth-order valence-electron chi connectivity index (χ4n) is 3.42. The van der Waals surface area contributed by atoms with Crippen LogP contribution in [-0.4, -0.2) is 76.1 Å². The van der Waals surface area contributed by atoms with Gasteiger partial charge in [-0.2, -0.15) is 0 Å². The second-order valence-electron chi connectivity index (χ2n) is 7.06. The maximum atomic E-state index is 13.0. The Kier molecular flexibility index (Phi) is 6.49. The van der Waals surface area contributed by atoms with Gasteiger partial charge in [0.25, 0.3) is 11.8 Å². The van der Waals surface area contributed by atoms with Gasteiger partial charge in [-0.1, -0.05) is 11.3 Å². The lowest BCUT2D eigenvalue weighted by molar-refractivity contribution is -0.161. The summed E-state index contributed by atoms with van der Waals surface area (Å²) < 4.78 is 14.5. The molecule has 0 saturated carbocycles. The molecule has 0 aliphatic carbocycles. The van der Waals surface area contributed by atoms with E-state index in [-0.39, 0.29) is 24.0 Å². The number of hydrogen-bond acceptors (Lipinski definition) is 9. The third kappa shape index (κ3) is 4.16. The number of β-lactam (4-membered cyclic amide) rings is 1. The largest absolute Gasteiger partial charge is 0.587 e. The molecule has 2 aliphatic heterocycles. The lowest BCUT2D eigenvalue weighted by atomic mass is 9.89. The Morgan fingerprint density at radius 3 is 2.90 bits per heavy atom. The number of aliphatic carboxylic acids is 1. The first kappa shape index (κ1) is 22.4. The Morgan fingerprint density at radius 1 is 1.48 bits per heavy atom. The number of carboxylic acids is 1. The number of rotatable bonds is 7. The number of carboxylic acid groups (broad SMARTS) is 1. The molecule has 2 fully saturated rings. The molecule has 9 nitrogen and oxygen atoms in total. The lowest BCUT2D eigenvalue weighted by Gasteiger charge is -2.54. The summed E-state index contributed by atoms with van der Waals surface area (Å²) in [5.41, 5.74) is -1.15. The first-order chi connectivity index (χ1) is 14.8. The predicted molar refractivity (Wildman–Crippen MR) is 118 cm³/mol. The molecular weight excluding hydrogens is 480 g/mol. The highest BCUT2D eigenvalue weighted by molar-refractivity contribution is 8.00. The smallest absolute Gasteiger partial charge is 0.313 e. The molecule has 13 heteroatoms. The van der Waals surface area contributed by atoms with Crippen LogP contribution in [0.1, 0.15) is 6.92 Å². The Hall–Kier alpha value is -1.80. The molecule has 2 saturated heterocycles. The van der Waals surface area contributed by atoms with Crippen LogP contribution in [0.3, 0.4) is 0 Å². The average Bonchev–Trinajstić information content (AvgIpc) is 3.30. The quantitative estimate of drug-likeness (QED) is 0.262. The summed E-state index contributed by atoms with van der Waals surface area (Å²) in [5, 5.41) is 11.9. The summed E-state index contributed by atoms with van der Waals surface area (Å²) in [5.74, 6) is -1.31. The third-order valence-corrected chi connectivity index (χ3v) is 10.5. The first-order valence-corrected chi connectivity index (χ1v) is 13.2. The Labute approximate surface area is 193 Å². The monoisotopic (exact) mass is 498 g/mol. The van der Waals surface area contributed by atoms with Gasteiger partial charge in [-0.25, -0.2) is 9.97 Å². The predicted octanol–water partition coefficient (Wildman–Crippen LogP) is 1.56. The number of fused-ring (bicyclic) bond motifs is 1. The molecule has 0 aromatic carbocycles. The average molecular weight is 499 g/mol. The van der Waals surface area contributed by atoms with Gasteiger partial charge in [0.1, 0.15) is 28.5 Å². The summed E-state index contributed by atoms with van der Waals surface area (Å²) in [6.07, 6.45) is 2.98. The van der Waals surface area contributed by atoms with Crippen molar-refractivity contribution in [3.8, 4) is 0 Å². The molecule has 0 bridgehead atoms. The molecule has 2 aliphatic rings. The van der Waals surface area contributed by atoms with E-state index in [0.717, 1.165) is 4.31 Å². The van der Waals surface area contributed by atoms with E-state index >= 15 is 0 Å². The minimum Gasteiger partial charge on any atom is -0.587 e. The van der Waals surface area contributed by atoms with E-state index in [2.05, 4.69) is 9.97 Å². The minimum absolute atomic E-state index is 0.0325. The van der Waals surface area contributed by atoms with Crippen LogP contribution >= 0.6 is 34.9 Å². The molecule has 4 rings (SSSR count). The Bertz CT molecular complexity index is 979. The molecule has 0 radical (unpaired) electrons. The summed E-state index contributed by atoms with van der Waals surface area (Å²) in [4.78, 5) is 46.8. The minimum atomic E-state index is -1.78. The normalized spacial score (nSPS) is 26.0. The summed E-state index contributed by atoms with van der Waals surface area (Å²) in [6, 6.07) is 4.23. The van der Waals surface area contributed by atoms with Crippen molar-refractivity contribution in [2.24, 2.45) is 5.41 Å². The van der Waals surface area contributed by atoms with Crippen LogP contribution < -0.4 is 0 Å². The summed E-state index contributed by atoms with van der Waals surface area (Å²) in [6.45, 7) is 1.32. The van der Waals surface area contributed by atoms with E-state index < -0.39 is 40.1 Å². The standard InChI is InChI=1S/C18H18N4O5S4/c1-11(23)22(31(27)13-3-2-6-28-13)14-15(24)21-7-18(17(25)26,9-30-16(14)21)8-29-12-4-5-19-10-20-12/h2-6,10,14,16H,7-9H2,1H3,(H,25,26)/t14?,16-,18?,31?/m1/s1. The van der Waals surface area contributed by atoms with E-state index in [4.69, 9.17) is 0 Å². The van der Waals surface area contributed by atoms with E-state index in [1.165, 1.54) is 53.0 Å². The van der Waals surface area contributed by atoms with Gasteiger partial charge in [0.2, 0.25) is 4.21 Å². The van der Waals surface area contributed by atoms with Crippen LogP contribution in [-0.2, 0) is 25.7 Å². The van der Waals surface area contributed by atoms with Crippen molar-refractivity contribution in [1.29, 1.82) is 0 Å². The Balaban J connectivity index is 1.50. The zero-order valence-electron chi connectivity index (χ0n) is 16.2. The van der Waals surface area contributed by atoms with Crippen molar-refractivity contribution in [2.45, 2.75) is 27.6 Å². The number of carbonyl (C=O) groups is 3. The second-order valence-corrected chi connectivity index (χ2v) is 11.7. The van der Waals surface area contributed by atoms with E-state index in [1.807, 2.05) is 0 Å². The topological polar surface area (TPSA) is 127 Å². The number of thiophene rings is 1. The molecule has 2 aromatic heterocycles. The molecule has 4 heterocycles. The van der Waals surface area contributed by atoms with Crippen molar-refractivity contribution < 1.29 is 24.0 Å². The van der Waals surface area contributed by atoms with E-state index in [0.29, 0.717) is 9.24 Å². The molecule has 1 N–H and O–H groups in total. The zero-order valence-corrected chi connectivity index (χ0v) is 19.5. The highest BCUT2D eigenvalue weighted by atomic mass is 32.2. The number of nitrogens with zero attached hydrogens (tertiary/aromatic N) is 4. The van der Waals surface area contributed by atoms with Gasteiger partial charge in [0, 0.05) is 37.2 Å². The maximum Gasteiger partial charge on any atom is 0.313 e. The van der Waals surface area contributed by atoms with Crippen molar-refractivity contribution in [2.75, 3.05) is 18.1 Å². The van der Waals surface area contributed by atoms with E-state index in [1.54, 1.807) is 29.8 Å². The van der Waals surface area contributed by atoms with Gasteiger partial charge in [0.05, 0.1) is 5.03 Å². The Morgan fingerprint density at radius 2 is 2.29 bits per heavy atom. The molecule has 4 atom stereocenters.